The average molecular weight is 244 g/mol. The van der Waals surface area contributed by atoms with Gasteiger partial charge in [-0.3, -0.25) is 4.79 Å². The van der Waals surface area contributed by atoms with Crippen molar-refractivity contribution >= 4 is 5.78 Å². The van der Waals surface area contributed by atoms with E-state index in [0.29, 0.717) is 11.3 Å². The zero-order valence-corrected chi connectivity index (χ0v) is 9.97. The quantitative estimate of drug-likeness (QED) is 0.770. The van der Waals surface area contributed by atoms with Crippen LogP contribution in [0, 0.1) is 5.82 Å². The summed E-state index contributed by atoms with van der Waals surface area (Å²) in [7, 11) is 0. The predicted molar refractivity (Wildman–Crippen MR) is 67.3 cm³/mol. The van der Waals surface area contributed by atoms with E-state index in [2.05, 4.69) is 0 Å². The minimum absolute atomic E-state index is 0.125. The van der Waals surface area contributed by atoms with E-state index in [1.807, 2.05) is 6.07 Å². The van der Waals surface area contributed by atoms with Crippen LogP contribution >= 0.6 is 0 Å². The maximum Gasteiger partial charge on any atom is 0.202 e. The minimum atomic E-state index is -0.644. The van der Waals surface area contributed by atoms with Gasteiger partial charge in [0, 0.05) is 11.6 Å². The first-order valence-corrected chi connectivity index (χ1v) is 5.68. The molecule has 0 aromatic heterocycles. The number of hydrogen-bond acceptors (Lipinski definition) is 2. The molecule has 18 heavy (non-hydrogen) atoms. The van der Waals surface area contributed by atoms with Crippen molar-refractivity contribution in [1.29, 1.82) is 0 Å². The Morgan fingerprint density at radius 3 is 2.50 bits per heavy atom. The molecule has 2 aromatic carbocycles. The molecule has 0 N–H and O–H groups in total. The zero-order valence-electron chi connectivity index (χ0n) is 9.97. The molecule has 0 aliphatic rings. The van der Waals surface area contributed by atoms with Crippen molar-refractivity contribution < 1.29 is 13.9 Å². The topological polar surface area (TPSA) is 26.3 Å². The van der Waals surface area contributed by atoms with Gasteiger partial charge in [0.2, 0.25) is 5.78 Å². The van der Waals surface area contributed by atoms with Gasteiger partial charge in [0.1, 0.15) is 11.6 Å². The summed E-state index contributed by atoms with van der Waals surface area (Å²) in [6.45, 7) is 1.65. The predicted octanol–water partition coefficient (Wildman–Crippen LogP) is 3.48. The molecule has 2 aromatic rings. The van der Waals surface area contributed by atoms with Crippen molar-refractivity contribution in [2.75, 3.05) is 0 Å². The molecule has 0 fully saturated rings. The minimum Gasteiger partial charge on any atom is -0.482 e. The summed E-state index contributed by atoms with van der Waals surface area (Å²) >= 11 is 0. The Balaban J connectivity index is 2.09. The lowest BCUT2D eigenvalue weighted by atomic mass is 10.1. The van der Waals surface area contributed by atoms with E-state index < -0.39 is 6.10 Å². The van der Waals surface area contributed by atoms with E-state index in [4.69, 9.17) is 4.74 Å². The third-order valence-corrected chi connectivity index (χ3v) is 2.54. The van der Waals surface area contributed by atoms with Crippen LogP contribution in [0.1, 0.15) is 17.3 Å². The number of ketones is 1. The van der Waals surface area contributed by atoms with Crippen LogP contribution in [0.4, 0.5) is 4.39 Å². The fourth-order valence-electron chi connectivity index (χ4n) is 1.64. The van der Waals surface area contributed by atoms with E-state index >= 15 is 0 Å². The van der Waals surface area contributed by atoms with Gasteiger partial charge in [-0.1, -0.05) is 36.4 Å². The highest BCUT2D eigenvalue weighted by atomic mass is 19.1. The number of ether oxygens (including phenoxy) is 1. The molecule has 92 valence electrons. The second-order valence-electron chi connectivity index (χ2n) is 3.95. The SMILES string of the molecule is CC(Oc1cccc(F)c1)C(=O)c1ccccc1. The third-order valence-electron chi connectivity index (χ3n) is 2.54. The fraction of sp³-hybridized carbons (Fsp3) is 0.133. The number of rotatable bonds is 4. The van der Waals surface area contributed by atoms with Crippen molar-refractivity contribution in [2.45, 2.75) is 13.0 Å². The first-order valence-electron chi connectivity index (χ1n) is 5.68. The lowest BCUT2D eigenvalue weighted by Gasteiger charge is -2.13. The maximum absolute atomic E-state index is 13.0. The van der Waals surface area contributed by atoms with Crippen molar-refractivity contribution in [2.24, 2.45) is 0 Å². The summed E-state index contributed by atoms with van der Waals surface area (Å²) in [6.07, 6.45) is -0.644. The molecule has 2 rings (SSSR count). The first-order chi connectivity index (χ1) is 8.66. The smallest absolute Gasteiger partial charge is 0.202 e. The van der Waals surface area contributed by atoms with Gasteiger partial charge < -0.3 is 4.74 Å². The van der Waals surface area contributed by atoms with Crippen LogP contribution in [-0.4, -0.2) is 11.9 Å². The van der Waals surface area contributed by atoms with E-state index in [1.165, 1.54) is 12.1 Å². The molecule has 0 heterocycles. The lowest BCUT2D eigenvalue weighted by Crippen LogP contribution is -2.23. The molecule has 0 aliphatic carbocycles. The summed E-state index contributed by atoms with van der Waals surface area (Å²) in [6, 6.07) is 14.6. The molecule has 0 saturated carbocycles. The van der Waals surface area contributed by atoms with E-state index in [-0.39, 0.29) is 11.6 Å². The van der Waals surface area contributed by atoms with Crippen LogP contribution in [0.25, 0.3) is 0 Å². The molecular weight excluding hydrogens is 231 g/mol. The van der Waals surface area contributed by atoms with E-state index in [0.717, 1.165) is 0 Å². The van der Waals surface area contributed by atoms with Crippen LogP contribution in [0.2, 0.25) is 0 Å². The number of hydrogen-bond donors (Lipinski definition) is 0. The van der Waals surface area contributed by atoms with Gasteiger partial charge in [0.05, 0.1) is 0 Å². The molecule has 0 radical (unpaired) electrons. The van der Waals surface area contributed by atoms with Crippen molar-refractivity contribution in [3.63, 3.8) is 0 Å². The number of carbonyl (C=O) groups is 1. The Hall–Kier alpha value is -2.16. The molecule has 0 saturated heterocycles. The second kappa shape index (κ2) is 5.45. The van der Waals surface area contributed by atoms with Crippen LogP contribution in [0.5, 0.6) is 5.75 Å². The van der Waals surface area contributed by atoms with Crippen LogP contribution < -0.4 is 4.74 Å². The van der Waals surface area contributed by atoms with Gasteiger partial charge in [-0.15, -0.1) is 0 Å². The van der Waals surface area contributed by atoms with Gasteiger partial charge in [-0.05, 0) is 19.1 Å². The van der Waals surface area contributed by atoms with Gasteiger partial charge in [0.15, 0.2) is 6.10 Å². The van der Waals surface area contributed by atoms with Crippen LogP contribution in [0.3, 0.4) is 0 Å². The number of benzene rings is 2. The lowest BCUT2D eigenvalue weighted by molar-refractivity contribution is 0.0817. The maximum atomic E-state index is 13.0. The first kappa shape index (κ1) is 12.3. The number of halogens is 1. The summed E-state index contributed by atoms with van der Waals surface area (Å²) < 4.78 is 18.4. The van der Waals surface area contributed by atoms with Gasteiger partial charge >= 0.3 is 0 Å². The summed E-state index contributed by atoms with van der Waals surface area (Å²) in [4.78, 5) is 12.0. The summed E-state index contributed by atoms with van der Waals surface area (Å²) in [5, 5.41) is 0. The van der Waals surface area contributed by atoms with Gasteiger partial charge in [-0.25, -0.2) is 4.39 Å². The van der Waals surface area contributed by atoms with Gasteiger partial charge in [-0.2, -0.15) is 0 Å². The highest BCUT2D eigenvalue weighted by molar-refractivity contribution is 5.99. The molecular formula is C15H13FO2. The molecule has 0 spiro atoms. The third kappa shape index (κ3) is 2.94. The summed E-state index contributed by atoms with van der Waals surface area (Å²) in [5.74, 6) is -0.154. The molecule has 1 unspecified atom stereocenters. The highest BCUT2D eigenvalue weighted by Crippen LogP contribution is 2.15. The molecule has 3 heteroatoms. The monoisotopic (exact) mass is 244 g/mol. The molecule has 2 nitrogen and oxygen atoms in total. The Bertz CT molecular complexity index is 537. The largest absolute Gasteiger partial charge is 0.482 e. The van der Waals surface area contributed by atoms with Crippen molar-refractivity contribution in [3.8, 4) is 5.75 Å². The van der Waals surface area contributed by atoms with Crippen molar-refractivity contribution in [1.82, 2.24) is 0 Å². The highest BCUT2D eigenvalue weighted by Gasteiger charge is 2.16. The zero-order chi connectivity index (χ0) is 13.0. The van der Waals surface area contributed by atoms with Crippen LogP contribution in [-0.2, 0) is 0 Å². The second-order valence-corrected chi connectivity index (χ2v) is 3.95. The normalized spacial score (nSPS) is 11.9. The Morgan fingerprint density at radius 1 is 1.11 bits per heavy atom. The van der Waals surface area contributed by atoms with E-state index in [1.54, 1.807) is 43.3 Å². The van der Waals surface area contributed by atoms with Crippen molar-refractivity contribution in [3.05, 3.63) is 66.0 Å². The molecule has 0 bridgehead atoms. The Labute approximate surface area is 105 Å². The Morgan fingerprint density at radius 2 is 1.83 bits per heavy atom. The molecule has 0 amide bonds. The molecule has 0 aliphatic heterocycles. The fourth-order valence-corrected chi connectivity index (χ4v) is 1.64. The van der Waals surface area contributed by atoms with Gasteiger partial charge in [0.25, 0.3) is 0 Å². The summed E-state index contributed by atoms with van der Waals surface area (Å²) in [5.41, 5.74) is 0.585. The van der Waals surface area contributed by atoms with Crippen LogP contribution in [0.15, 0.2) is 54.6 Å². The molecule has 1 atom stereocenters. The Kier molecular flexibility index (Phi) is 3.72. The number of Topliss-reactive ketones (excluding diaryl/α,β-unsaturated/α-hetero) is 1. The number of carbonyl (C=O) groups excluding carboxylic acids is 1. The van der Waals surface area contributed by atoms with E-state index in [9.17, 15) is 9.18 Å². The standard InChI is InChI=1S/C15H13FO2/c1-11(15(17)12-6-3-2-4-7-12)18-14-9-5-8-13(16)10-14/h2-11H,1H3. The average Bonchev–Trinajstić information content (AvgIpc) is 2.39.